The molecule has 1 amide bonds. The fourth-order valence-electron chi connectivity index (χ4n) is 2.56. The van der Waals surface area contributed by atoms with Crippen LogP contribution in [-0.2, 0) is 0 Å². The standard InChI is InChI=1S/C19H18FN3O2/c1-12(13-4-3-5-16(8-13)25-2)23-19(24)17-7-6-14(9-18(17)20)15-10-21-22-11-15/h3-12H,1-2H3,(H,21,22)(H,23,24). The number of ether oxygens (including phenoxy) is 1. The minimum absolute atomic E-state index is 0.00184. The number of nitrogens with one attached hydrogen (secondary N) is 2. The number of amides is 1. The molecule has 0 spiro atoms. The number of benzene rings is 2. The van der Waals surface area contributed by atoms with Gasteiger partial charge in [-0.1, -0.05) is 18.2 Å². The van der Waals surface area contributed by atoms with Crippen molar-refractivity contribution >= 4 is 5.91 Å². The third-order valence-electron chi connectivity index (χ3n) is 3.99. The molecule has 3 rings (SSSR count). The zero-order valence-electron chi connectivity index (χ0n) is 13.9. The smallest absolute Gasteiger partial charge is 0.254 e. The van der Waals surface area contributed by atoms with E-state index in [1.54, 1.807) is 25.6 Å². The first-order valence-electron chi connectivity index (χ1n) is 7.82. The summed E-state index contributed by atoms with van der Waals surface area (Å²) in [5.41, 5.74) is 2.30. The van der Waals surface area contributed by atoms with Gasteiger partial charge in [-0.25, -0.2) is 4.39 Å². The number of hydrogen-bond acceptors (Lipinski definition) is 3. The lowest BCUT2D eigenvalue weighted by atomic mass is 10.0. The van der Waals surface area contributed by atoms with Crippen LogP contribution in [0.5, 0.6) is 5.75 Å². The van der Waals surface area contributed by atoms with Crippen LogP contribution in [-0.4, -0.2) is 23.2 Å². The number of hydrogen-bond donors (Lipinski definition) is 2. The summed E-state index contributed by atoms with van der Waals surface area (Å²) >= 11 is 0. The average molecular weight is 339 g/mol. The molecule has 0 aliphatic rings. The number of halogens is 1. The van der Waals surface area contributed by atoms with Crippen molar-refractivity contribution in [1.82, 2.24) is 15.5 Å². The lowest BCUT2D eigenvalue weighted by Gasteiger charge is -2.15. The first-order valence-corrected chi connectivity index (χ1v) is 7.82. The summed E-state index contributed by atoms with van der Waals surface area (Å²) in [5.74, 6) is -0.338. The summed E-state index contributed by atoms with van der Waals surface area (Å²) < 4.78 is 19.5. The second-order valence-electron chi connectivity index (χ2n) is 5.65. The highest BCUT2D eigenvalue weighted by Gasteiger charge is 2.16. The first-order chi connectivity index (χ1) is 12.1. The van der Waals surface area contributed by atoms with E-state index in [9.17, 15) is 9.18 Å². The zero-order valence-corrected chi connectivity index (χ0v) is 13.9. The van der Waals surface area contributed by atoms with Crippen molar-refractivity contribution in [2.45, 2.75) is 13.0 Å². The molecule has 128 valence electrons. The molecule has 0 saturated heterocycles. The van der Waals surface area contributed by atoms with Crippen LogP contribution in [0.2, 0.25) is 0 Å². The van der Waals surface area contributed by atoms with Crippen molar-refractivity contribution in [1.29, 1.82) is 0 Å². The predicted molar refractivity (Wildman–Crippen MR) is 92.9 cm³/mol. The fraction of sp³-hybridized carbons (Fsp3) is 0.158. The van der Waals surface area contributed by atoms with E-state index in [0.29, 0.717) is 11.3 Å². The maximum Gasteiger partial charge on any atom is 0.254 e. The van der Waals surface area contributed by atoms with E-state index >= 15 is 0 Å². The molecule has 6 heteroatoms. The lowest BCUT2D eigenvalue weighted by Crippen LogP contribution is -2.27. The quantitative estimate of drug-likeness (QED) is 0.744. The van der Waals surface area contributed by atoms with Gasteiger partial charge in [0.15, 0.2) is 0 Å². The molecular formula is C19H18FN3O2. The number of rotatable bonds is 5. The number of nitrogens with zero attached hydrogens (tertiary/aromatic N) is 1. The molecule has 3 aromatic rings. The second kappa shape index (κ2) is 7.17. The van der Waals surface area contributed by atoms with E-state index < -0.39 is 11.7 Å². The van der Waals surface area contributed by atoms with Crippen LogP contribution in [0.1, 0.15) is 28.9 Å². The second-order valence-corrected chi connectivity index (χ2v) is 5.65. The minimum atomic E-state index is -0.575. The molecule has 0 aliphatic carbocycles. The highest BCUT2D eigenvalue weighted by molar-refractivity contribution is 5.95. The number of carbonyl (C=O) groups is 1. The van der Waals surface area contributed by atoms with Gasteiger partial charge in [0, 0.05) is 11.8 Å². The van der Waals surface area contributed by atoms with Gasteiger partial charge < -0.3 is 10.1 Å². The summed E-state index contributed by atoms with van der Waals surface area (Å²) in [7, 11) is 1.58. The molecule has 1 heterocycles. The fourth-order valence-corrected chi connectivity index (χ4v) is 2.56. The summed E-state index contributed by atoms with van der Waals surface area (Å²) in [6.45, 7) is 1.84. The number of methoxy groups -OCH3 is 1. The Morgan fingerprint density at radius 3 is 2.76 bits per heavy atom. The molecule has 1 unspecified atom stereocenters. The Hall–Kier alpha value is -3.15. The number of aromatic nitrogens is 2. The zero-order chi connectivity index (χ0) is 17.8. The first kappa shape index (κ1) is 16.7. The third kappa shape index (κ3) is 3.68. The summed E-state index contributed by atoms with van der Waals surface area (Å²) in [5, 5.41) is 9.32. The Labute approximate surface area is 144 Å². The molecule has 0 fully saturated rings. The van der Waals surface area contributed by atoms with E-state index in [1.807, 2.05) is 31.2 Å². The van der Waals surface area contributed by atoms with Crippen LogP contribution >= 0.6 is 0 Å². The van der Waals surface area contributed by atoms with E-state index in [-0.39, 0.29) is 11.6 Å². The van der Waals surface area contributed by atoms with Crippen molar-refractivity contribution in [3.8, 4) is 16.9 Å². The Bertz CT molecular complexity index is 878. The van der Waals surface area contributed by atoms with Crippen LogP contribution < -0.4 is 10.1 Å². The van der Waals surface area contributed by atoms with E-state index in [4.69, 9.17) is 4.74 Å². The van der Waals surface area contributed by atoms with Gasteiger partial charge in [0.25, 0.3) is 5.91 Å². The topological polar surface area (TPSA) is 67.0 Å². The molecule has 1 atom stereocenters. The van der Waals surface area contributed by atoms with Crippen molar-refractivity contribution in [2.24, 2.45) is 0 Å². The maximum absolute atomic E-state index is 14.4. The van der Waals surface area contributed by atoms with E-state index in [2.05, 4.69) is 15.5 Å². The van der Waals surface area contributed by atoms with Gasteiger partial charge in [-0.3, -0.25) is 9.89 Å². The van der Waals surface area contributed by atoms with Crippen LogP contribution in [0.3, 0.4) is 0 Å². The Morgan fingerprint density at radius 1 is 1.24 bits per heavy atom. The summed E-state index contributed by atoms with van der Waals surface area (Å²) in [4.78, 5) is 12.4. The van der Waals surface area contributed by atoms with Crippen molar-refractivity contribution < 1.29 is 13.9 Å². The van der Waals surface area contributed by atoms with E-state index in [0.717, 1.165) is 11.1 Å². The highest BCUT2D eigenvalue weighted by atomic mass is 19.1. The monoisotopic (exact) mass is 339 g/mol. The van der Waals surface area contributed by atoms with Crippen LogP contribution in [0.4, 0.5) is 4.39 Å². The van der Waals surface area contributed by atoms with Crippen LogP contribution in [0.25, 0.3) is 11.1 Å². The van der Waals surface area contributed by atoms with Gasteiger partial charge in [0.2, 0.25) is 0 Å². The van der Waals surface area contributed by atoms with Crippen molar-refractivity contribution in [3.63, 3.8) is 0 Å². The van der Waals surface area contributed by atoms with Gasteiger partial charge in [0.1, 0.15) is 11.6 Å². The average Bonchev–Trinajstić information content (AvgIpc) is 3.16. The predicted octanol–water partition coefficient (Wildman–Crippen LogP) is 3.72. The molecule has 0 bridgehead atoms. The number of H-pyrrole nitrogens is 1. The lowest BCUT2D eigenvalue weighted by molar-refractivity contribution is 0.0936. The molecule has 2 N–H and O–H groups in total. The van der Waals surface area contributed by atoms with Crippen molar-refractivity contribution in [3.05, 3.63) is 71.8 Å². The SMILES string of the molecule is COc1cccc(C(C)NC(=O)c2ccc(-c3cn[nH]c3)cc2F)c1. The molecule has 5 nitrogen and oxygen atoms in total. The summed E-state index contributed by atoms with van der Waals surface area (Å²) in [6, 6.07) is 11.6. The molecular weight excluding hydrogens is 321 g/mol. The van der Waals surface area contributed by atoms with Crippen molar-refractivity contribution in [2.75, 3.05) is 7.11 Å². The van der Waals surface area contributed by atoms with Crippen LogP contribution in [0.15, 0.2) is 54.9 Å². The maximum atomic E-state index is 14.4. The highest BCUT2D eigenvalue weighted by Crippen LogP contribution is 2.22. The van der Waals surface area contributed by atoms with Gasteiger partial charge in [-0.05, 0) is 42.3 Å². The molecule has 1 aromatic heterocycles. The van der Waals surface area contributed by atoms with Gasteiger partial charge >= 0.3 is 0 Å². The summed E-state index contributed by atoms with van der Waals surface area (Å²) in [6.07, 6.45) is 3.26. The number of aromatic amines is 1. The normalized spacial score (nSPS) is 11.8. The number of carbonyl (C=O) groups excluding carboxylic acids is 1. The molecule has 0 saturated carbocycles. The van der Waals surface area contributed by atoms with Gasteiger partial charge in [0.05, 0.1) is 24.9 Å². The Morgan fingerprint density at radius 2 is 2.08 bits per heavy atom. The Kier molecular flexibility index (Phi) is 4.79. The van der Waals surface area contributed by atoms with Gasteiger partial charge in [-0.15, -0.1) is 0 Å². The molecule has 0 radical (unpaired) electrons. The molecule has 25 heavy (non-hydrogen) atoms. The largest absolute Gasteiger partial charge is 0.497 e. The van der Waals surface area contributed by atoms with Gasteiger partial charge in [-0.2, -0.15) is 5.10 Å². The molecule has 2 aromatic carbocycles. The minimum Gasteiger partial charge on any atom is -0.497 e. The molecule has 0 aliphatic heterocycles. The Balaban J connectivity index is 1.76. The van der Waals surface area contributed by atoms with Crippen LogP contribution in [0, 0.1) is 5.82 Å². The van der Waals surface area contributed by atoms with E-state index in [1.165, 1.54) is 12.1 Å². The third-order valence-corrected chi connectivity index (χ3v) is 3.99.